The highest BCUT2D eigenvalue weighted by Crippen LogP contribution is 2.14. The Morgan fingerprint density at radius 2 is 1.95 bits per heavy atom. The minimum atomic E-state index is -0.583. The van der Waals surface area contributed by atoms with E-state index in [9.17, 15) is 9.18 Å². The van der Waals surface area contributed by atoms with Gasteiger partial charge in [0.2, 0.25) is 5.91 Å². The van der Waals surface area contributed by atoms with Crippen LogP contribution in [0.15, 0.2) is 48.5 Å². The van der Waals surface area contributed by atoms with Crippen LogP contribution in [0.4, 0.5) is 4.39 Å². The summed E-state index contributed by atoms with van der Waals surface area (Å²) in [6.45, 7) is 2.09. The normalized spacial score (nSPS) is 12.1. The van der Waals surface area contributed by atoms with Crippen LogP contribution in [-0.2, 0) is 11.3 Å². The predicted octanol–water partition coefficient (Wildman–Crippen LogP) is 2.45. The number of aryl methyl sites for hydroxylation is 1. The van der Waals surface area contributed by atoms with Gasteiger partial charge in [-0.3, -0.25) is 10.1 Å². The number of hydrogen-bond donors (Lipinski definition) is 2. The lowest BCUT2D eigenvalue weighted by atomic mass is 10.1. The molecular formula is C16H17FN2O. The molecule has 0 heterocycles. The second-order valence-corrected chi connectivity index (χ2v) is 4.71. The molecule has 0 aromatic heterocycles. The molecule has 104 valence electrons. The smallest absolute Gasteiger partial charge is 0.239 e. The number of carbonyl (C=O) groups is 1. The van der Waals surface area contributed by atoms with Gasteiger partial charge in [-0.2, -0.15) is 0 Å². The first-order valence-electron chi connectivity index (χ1n) is 6.40. The molecule has 0 aliphatic carbocycles. The molecule has 20 heavy (non-hydrogen) atoms. The first-order chi connectivity index (χ1) is 9.58. The van der Waals surface area contributed by atoms with Gasteiger partial charge in [-0.15, -0.1) is 0 Å². The van der Waals surface area contributed by atoms with Crippen LogP contribution >= 0.6 is 0 Å². The van der Waals surface area contributed by atoms with Crippen LogP contribution in [0.3, 0.4) is 0 Å². The van der Waals surface area contributed by atoms with E-state index in [1.54, 1.807) is 13.0 Å². The number of primary amides is 1. The van der Waals surface area contributed by atoms with Crippen molar-refractivity contribution in [1.82, 2.24) is 5.32 Å². The Balaban J connectivity index is 2.10. The van der Waals surface area contributed by atoms with Gasteiger partial charge in [0.1, 0.15) is 11.9 Å². The lowest BCUT2D eigenvalue weighted by molar-refractivity contribution is -0.120. The maximum absolute atomic E-state index is 13.5. The van der Waals surface area contributed by atoms with Crippen molar-refractivity contribution >= 4 is 5.91 Å². The number of carbonyl (C=O) groups excluding carboxylic acids is 1. The topological polar surface area (TPSA) is 55.1 Å². The Hall–Kier alpha value is -2.20. The van der Waals surface area contributed by atoms with Gasteiger partial charge in [0, 0.05) is 6.54 Å². The molecular weight excluding hydrogens is 255 g/mol. The van der Waals surface area contributed by atoms with E-state index in [4.69, 9.17) is 5.73 Å². The molecule has 3 nitrogen and oxygen atoms in total. The van der Waals surface area contributed by atoms with Crippen LogP contribution < -0.4 is 11.1 Å². The number of nitrogens with two attached hydrogens (primary N) is 1. The summed E-state index contributed by atoms with van der Waals surface area (Å²) in [4.78, 5) is 11.5. The minimum Gasteiger partial charge on any atom is -0.368 e. The second-order valence-electron chi connectivity index (χ2n) is 4.71. The van der Waals surface area contributed by atoms with Crippen LogP contribution in [0.5, 0.6) is 0 Å². The number of rotatable bonds is 5. The molecule has 0 radical (unpaired) electrons. The number of nitrogens with one attached hydrogen (secondary N) is 1. The van der Waals surface area contributed by atoms with Gasteiger partial charge in [0.05, 0.1) is 0 Å². The SMILES string of the molecule is Cc1ccc(CNC(C(N)=O)c2ccccc2)cc1F. The van der Waals surface area contributed by atoms with Crippen LogP contribution in [-0.4, -0.2) is 5.91 Å². The van der Waals surface area contributed by atoms with Crippen LogP contribution in [0.1, 0.15) is 22.7 Å². The quantitative estimate of drug-likeness (QED) is 0.878. The van der Waals surface area contributed by atoms with E-state index < -0.39 is 11.9 Å². The van der Waals surface area contributed by atoms with Crippen molar-refractivity contribution in [1.29, 1.82) is 0 Å². The van der Waals surface area contributed by atoms with Gasteiger partial charge in [0.25, 0.3) is 0 Å². The zero-order valence-electron chi connectivity index (χ0n) is 11.3. The molecule has 2 aromatic carbocycles. The second kappa shape index (κ2) is 6.30. The third kappa shape index (κ3) is 3.42. The molecule has 0 spiro atoms. The zero-order valence-corrected chi connectivity index (χ0v) is 11.3. The molecule has 0 aliphatic heterocycles. The summed E-state index contributed by atoms with van der Waals surface area (Å²) in [7, 11) is 0. The minimum absolute atomic E-state index is 0.250. The number of halogens is 1. The Morgan fingerprint density at radius 3 is 2.55 bits per heavy atom. The van der Waals surface area contributed by atoms with E-state index in [2.05, 4.69) is 5.32 Å². The monoisotopic (exact) mass is 272 g/mol. The van der Waals surface area contributed by atoms with Gasteiger partial charge in [-0.25, -0.2) is 4.39 Å². The summed E-state index contributed by atoms with van der Waals surface area (Å²) in [6.07, 6.45) is 0. The Bertz CT molecular complexity index is 599. The molecule has 2 aromatic rings. The molecule has 0 bridgehead atoms. The van der Waals surface area contributed by atoms with Crippen molar-refractivity contribution in [2.45, 2.75) is 19.5 Å². The summed E-state index contributed by atoms with van der Waals surface area (Å²) >= 11 is 0. The fourth-order valence-electron chi connectivity index (χ4n) is 1.99. The van der Waals surface area contributed by atoms with E-state index in [0.717, 1.165) is 11.1 Å². The molecule has 3 N–H and O–H groups in total. The average Bonchev–Trinajstić information content (AvgIpc) is 2.44. The van der Waals surface area contributed by atoms with Crippen molar-refractivity contribution in [3.05, 3.63) is 71.0 Å². The van der Waals surface area contributed by atoms with Gasteiger partial charge >= 0.3 is 0 Å². The molecule has 1 atom stereocenters. The van der Waals surface area contributed by atoms with Gasteiger partial charge < -0.3 is 5.73 Å². The van der Waals surface area contributed by atoms with E-state index >= 15 is 0 Å². The highest BCUT2D eigenvalue weighted by Gasteiger charge is 2.16. The van der Waals surface area contributed by atoms with Gasteiger partial charge in [0.15, 0.2) is 0 Å². The van der Waals surface area contributed by atoms with Gasteiger partial charge in [-0.1, -0.05) is 42.5 Å². The summed E-state index contributed by atoms with van der Waals surface area (Å²) in [5.74, 6) is -0.705. The highest BCUT2D eigenvalue weighted by molar-refractivity contribution is 5.81. The average molecular weight is 272 g/mol. The van der Waals surface area contributed by atoms with Crippen molar-refractivity contribution in [3.8, 4) is 0 Å². The Labute approximate surface area is 117 Å². The predicted molar refractivity (Wildman–Crippen MR) is 76.4 cm³/mol. The van der Waals surface area contributed by atoms with Crippen LogP contribution in [0.25, 0.3) is 0 Å². The molecule has 0 fully saturated rings. The van der Waals surface area contributed by atoms with E-state index in [0.29, 0.717) is 12.1 Å². The molecule has 0 saturated heterocycles. The third-order valence-corrected chi connectivity index (χ3v) is 3.16. The molecule has 0 saturated carbocycles. The maximum Gasteiger partial charge on any atom is 0.239 e. The summed E-state index contributed by atoms with van der Waals surface area (Å²) in [6, 6.07) is 13.7. The number of benzene rings is 2. The molecule has 4 heteroatoms. The van der Waals surface area contributed by atoms with Crippen molar-refractivity contribution in [2.75, 3.05) is 0 Å². The molecule has 2 rings (SSSR count). The van der Waals surface area contributed by atoms with Gasteiger partial charge in [-0.05, 0) is 29.7 Å². The lowest BCUT2D eigenvalue weighted by Crippen LogP contribution is -2.33. The maximum atomic E-state index is 13.5. The Morgan fingerprint density at radius 1 is 1.25 bits per heavy atom. The van der Waals surface area contributed by atoms with Crippen LogP contribution in [0.2, 0.25) is 0 Å². The van der Waals surface area contributed by atoms with Crippen molar-refractivity contribution < 1.29 is 9.18 Å². The number of hydrogen-bond acceptors (Lipinski definition) is 2. The fourth-order valence-corrected chi connectivity index (χ4v) is 1.99. The third-order valence-electron chi connectivity index (χ3n) is 3.16. The summed E-state index contributed by atoms with van der Waals surface area (Å²) in [5.41, 5.74) is 7.58. The molecule has 1 unspecified atom stereocenters. The molecule has 0 aliphatic rings. The first kappa shape index (κ1) is 14.2. The van der Waals surface area contributed by atoms with Crippen molar-refractivity contribution in [3.63, 3.8) is 0 Å². The number of amides is 1. The Kier molecular flexibility index (Phi) is 4.48. The fraction of sp³-hybridized carbons (Fsp3) is 0.188. The van der Waals surface area contributed by atoms with Crippen LogP contribution in [0, 0.1) is 12.7 Å². The zero-order chi connectivity index (χ0) is 14.5. The standard InChI is InChI=1S/C16H17FN2O/c1-11-7-8-12(9-14(11)17)10-19-15(16(18)20)13-5-3-2-4-6-13/h2-9,15,19H,10H2,1H3,(H2,18,20). The van der Waals surface area contributed by atoms with Crippen molar-refractivity contribution in [2.24, 2.45) is 5.73 Å². The molecule has 1 amide bonds. The summed E-state index contributed by atoms with van der Waals surface area (Å²) < 4.78 is 13.5. The van der Waals surface area contributed by atoms with E-state index in [1.807, 2.05) is 36.4 Å². The first-order valence-corrected chi connectivity index (χ1v) is 6.40. The van der Waals surface area contributed by atoms with E-state index in [-0.39, 0.29) is 5.82 Å². The van der Waals surface area contributed by atoms with E-state index in [1.165, 1.54) is 6.07 Å². The highest BCUT2D eigenvalue weighted by atomic mass is 19.1. The summed E-state index contributed by atoms with van der Waals surface area (Å²) in [5, 5.41) is 3.06. The largest absolute Gasteiger partial charge is 0.368 e. The lowest BCUT2D eigenvalue weighted by Gasteiger charge is -2.16.